The molecule has 1 aliphatic rings. The number of carbonyl (C=O) groups is 1. The van der Waals surface area contributed by atoms with Gasteiger partial charge in [0.1, 0.15) is 5.41 Å². The van der Waals surface area contributed by atoms with Crippen molar-refractivity contribution in [1.29, 1.82) is 0 Å². The van der Waals surface area contributed by atoms with Crippen molar-refractivity contribution in [3.8, 4) is 5.75 Å². The van der Waals surface area contributed by atoms with Crippen molar-refractivity contribution in [2.75, 3.05) is 28.4 Å². The molecule has 116 valence electrons. The minimum Gasteiger partial charge on any atom is -0.494 e. The smallest absolute Gasteiger partial charge is 0.316 e. The van der Waals surface area contributed by atoms with Gasteiger partial charge in [0.05, 0.1) is 14.2 Å². The summed E-state index contributed by atoms with van der Waals surface area (Å²) in [5.41, 5.74) is -0.439. The largest absolute Gasteiger partial charge is 0.494 e. The van der Waals surface area contributed by atoms with Crippen LogP contribution in [0.5, 0.6) is 5.75 Å². The first-order valence-corrected chi connectivity index (χ1v) is 6.49. The second-order valence-electron chi connectivity index (χ2n) is 5.10. The Hall–Kier alpha value is -1.66. The fourth-order valence-corrected chi connectivity index (χ4v) is 2.87. The Bertz CT molecular complexity index is 531. The van der Waals surface area contributed by atoms with Crippen LogP contribution in [0.15, 0.2) is 18.2 Å². The molecule has 0 heterocycles. The quantitative estimate of drug-likeness (QED) is 0.615. The summed E-state index contributed by atoms with van der Waals surface area (Å²) in [6.45, 7) is 0. The zero-order chi connectivity index (χ0) is 15.7. The van der Waals surface area contributed by atoms with Crippen LogP contribution in [0.4, 0.5) is 4.39 Å². The molecule has 0 aromatic heterocycles. The molecule has 0 N–H and O–H groups in total. The normalized spacial score (nSPS) is 18.7. The molecule has 1 aromatic carbocycles. The molecule has 0 amide bonds. The molecule has 1 fully saturated rings. The van der Waals surface area contributed by atoms with Crippen LogP contribution in [0, 0.1) is 5.82 Å². The molecule has 0 radical (unpaired) electrons. The number of hydrogen-bond acceptors (Lipinski definition) is 5. The Morgan fingerprint density at radius 2 is 1.76 bits per heavy atom. The Morgan fingerprint density at radius 3 is 2.19 bits per heavy atom. The van der Waals surface area contributed by atoms with Crippen molar-refractivity contribution < 1.29 is 28.1 Å². The van der Waals surface area contributed by atoms with Crippen LogP contribution in [0.2, 0.25) is 0 Å². The van der Waals surface area contributed by atoms with Gasteiger partial charge in [-0.15, -0.1) is 0 Å². The Labute approximate surface area is 122 Å². The maximum Gasteiger partial charge on any atom is 0.316 e. The van der Waals surface area contributed by atoms with Gasteiger partial charge in [-0.3, -0.25) is 4.79 Å². The van der Waals surface area contributed by atoms with Gasteiger partial charge in [0.2, 0.25) is 0 Å². The third-order valence-corrected chi connectivity index (χ3v) is 4.17. The average molecular weight is 298 g/mol. The van der Waals surface area contributed by atoms with Gasteiger partial charge in [0.25, 0.3) is 0 Å². The molecular weight excluding hydrogens is 279 g/mol. The van der Waals surface area contributed by atoms with Crippen molar-refractivity contribution in [2.45, 2.75) is 24.0 Å². The van der Waals surface area contributed by atoms with E-state index in [4.69, 9.17) is 18.9 Å². The third-order valence-electron chi connectivity index (χ3n) is 4.17. The van der Waals surface area contributed by atoms with Gasteiger partial charge in [-0.05, 0) is 17.7 Å². The summed E-state index contributed by atoms with van der Waals surface area (Å²) in [5.74, 6) is -1.67. The van der Waals surface area contributed by atoms with Gasteiger partial charge >= 0.3 is 5.97 Å². The van der Waals surface area contributed by atoms with Crippen LogP contribution in [-0.2, 0) is 24.4 Å². The maximum absolute atomic E-state index is 13.9. The van der Waals surface area contributed by atoms with E-state index >= 15 is 0 Å². The fourth-order valence-electron chi connectivity index (χ4n) is 2.87. The van der Waals surface area contributed by atoms with Crippen molar-refractivity contribution in [3.63, 3.8) is 0 Å². The lowest BCUT2D eigenvalue weighted by Gasteiger charge is -2.52. The van der Waals surface area contributed by atoms with Gasteiger partial charge in [0, 0.05) is 27.1 Å². The molecule has 5 nitrogen and oxygen atoms in total. The lowest BCUT2D eigenvalue weighted by Crippen LogP contribution is -2.61. The minimum atomic E-state index is -0.964. The van der Waals surface area contributed by atoms with Crippen LogP contribution in [-0.4, -0.2) is 40.2 Å². The number of methoxy groups -OCH3 is 4. The predicted molar refractivity (Wildman–Crippen MR) is 72.6 cm³/mol. The summed E-state index contributed by atoms with van der Waals surface area (Å²) in [4.78, 5) is 12.2. The van der Waals surface area contributed by atoms with E-state index < -0.39 is 23.0 Å². The first kappa shape index (κ1) is 15.7. The molecular formula is C15H19FO5. The van der Waals surface area contributed by atoms with Gasteiger partial charge in [-0.25, -0.2) is 4.39 Å². The van der Waals surface area contributed by atoms with Crippen molar-refractivity contribution >= 4 is 5.97 Å². The summed E-state index contributed by atoms with van der Waals surface area (Å²) < 4.78 is 34.3. The number of halogens is 1. The van der Waals surface area contributed by atoms with Gasteiger partial charge in [-0.2, -0.15) is 0 Å². The number of rotatable bonds is 5. The van der Waals surface area contributed by atoms with E-state index in [-0.39, 0.29) is 18.6 Å². The summed E-state index contributed by atoms with van der Waals surface area (Å²) >= 11 is 0. The number of hydrogen-bond donors (Lipinski definition) is 0. The van der Waals surface area contributed by atoms with Gasteiger partial charge < -0.3 is 18.9 Å². The summed E-state index contributed by atoms with van der Waals surface area (Å²) in [5, 5.41) is 0. The van der Waals surface area contributed by atoms with Crippen LogP contribution in [0.25, 0.3) is 0 Å². The van der Waals surface area contributed by atoms with E-state index in [1.54, 1.807) is 6.07 Å². The zero-order valence-corrected chi connectivity index (χ0v) is 12.6. The number of esters is 1. The summed E-state index contributed by atoms with van der Waals surface area (Å²) in [6, 6.07) is 4.45. The second kappa shape index (κ2) is 5.61. The van der Waals surface area contributed by atoms with Crippen LogP contribution < -0.4 is 4.74 Å². The molecule has 1 saturated carbocycles. The average Bonchev–Trinajstić information content (AvgIpc) is 2.47. The van der Waals surface area contributed by atoms with Crippen molar-refractivity contribution in [3.05, 3.63) is 29.6 Å². The highest BCUT2D eigenvalue weighted by Gasteiger charge is 2.62. The van der Waals surface area contributed by atoms with Gasteiger partial charge in [0.15, 0.2) is 17.4 Å². The number of carbonyl (C=O) groups excluding carboxylic acids is 1. The highest BCUT2D eigenvalue weighted by Crippen LogP contribution is 2.53. The first-order valence-electron chi connectivity index (χ1n) is 6.49. The standard InChI is InChI=1S/C15H19FO5/c1-18-12-6-5-10(7-11(12)16)14(13(17)19-2)8-15(9-14,20-3)21-4/h5-7H,8-9H2,1-4H3. The third kappa shape index (κ3) is 2.38. The lowest BCUT2D eigenvalue weighted by molar-refractivity contribution is -0.278. The van der Waals surface area contributed by atoms with Crippen LogP contribution in [0.3, 0.4) is 0 Å². The van der Waals surface area contributed by atoms with Crippen LogP contribution >= 0.6 is 0 Å². The van der Waals surface area contributed by atoms with Crippen LogP contribution in [0.1, 0.15) is 18.4 Å². The molecule has 0 aliphatic heterocycles. The molecule has 2 rings (SSSR count). The SMILES string of the molecule is COC(=O)C1(c2ccc(OC)c(F)c2)CC(OC)(OC)C1. The predicted octanol–water partition coefficient (Wildman–Crippen LogP) is 2.03. The fraction of sp³-hybridized carbons (Fsp3) is 0.533. The second-order valence-corrected chi connectivity index (χ2v) is 5.10. The monoisotopic (exact) mass is 298 g/mol. The van der Waals surface area contributed by atoms with Crippen molar-refractivity contribution in [2.24, 2.45) is 0 Å². The topological polar surface area (TPSA) is 54.0 Å². The maximum atomic E-state index is 13.9. The Kier molecular flexibility index (Phi) is 4.20. The van der Waals surface area contributed by atoms with E-state index in [1.165, 1.54) is 40.6 Å². The van der Waals surface area contributed by atoms with E-state index in [9.17, 15) is 9.18 Å². The number of benzene rings is 1. The lowest BCUT2D eigenvalue weighted by atomic mass is 9.60. The van der Waals surface area contributed by atoms with E-state index in [0.717, 1.165) is 0 Å². The Balaban J connectivity index is 2.40. The molecule has 1 aliphatic carbocycles. The molecule has 0 saturated heterocycles. The zero-order valence-electron chi connectivity index (χ0n) is 12.6. The number of ether oxygens (including phenoxy) is 4. The van der Waals surface area contributed by atoms with E-state index in [2.05, 4.69) is 0 Å². The van der Waals surface area contributed by atoms with E-state index in [0.29, 0.717) is 5.56 Å². The molecule has 21 heavy (non-hydrogen) atoms. The molecule has 6 heteroatoms. The molecule has 0 bridgehead atoms. The highest BCUT2D eigenvalue weighted by atomic mass is 19.1. The highest BCUT2D eigenvalue weighted by molar-refractivity contribution is 5.85. The minimum absolute atomic E-state index is 0.128. The summed E-state index contributed by atoms with van der Waals surface area (Å²) in [6.07, 6.45) is 0.539. The molecule has 1 aromatic rings. The van der Waals surface area contributed by atoms with E-state index in [1.807, 2.05) is 0 Å². The first-order chi connectivity index (χ1) is 9.96. The molecule has 0 atom stereocenters. The van der Waals surface area contributed by atoms with Gasteiger partial charge in [-0.1, -0.05) is 6.07 Å². The van der Waals surface area contributed by atoms with Crippen molar-refractivity contribution in [1.82, 2.24) is 0 Å². The molecule has 0 unspecified atom stereocenters. The Morgan fingerprint density at radius 1 is 1.14 bits per heavy atom. The molecule has 0 spiro atoms. The summed E-state index contributed by atoms with van der Waals surface area (Å²) in [7, 11) is 5.72.